The van der Waals surface area contributed by atoms with Crippen molar-refractivity contribution in [2.75, 3.05) is 6.61 Å². The van der Waals surface area contributed by atoms with Crippen molar-refractivity contribution in [2.24, 2.45) is 0 Å². The number of furan rings is 1. The van der Waals surface area contributed by atoms with Crippen LogP contribution in [-0.2, 0) is 4.79 Å². The van der Waals surface area contributed by atoms with Crippen LogP contribution < -0.4 is 15.6 Å². The molecule has 0 aliphatic carbocycles. The number of carbonyl (C=O) groups excluding carboxylic acids is 2. The van der Waals surface area contributed by atoms with E-state index in [-0.39, 0.29) is 0 Å². The summed E-state index contributed by atoms with van der Waals surface area (Å²) in [6.45, 7) is 2.84. The summed E-state index contributed by atoms with van der Waals surface area (Å²) in [5, 5.41) is 0. The van der Waals surface area contributed by atoms with Crippen LogP contribution in [-0.4, -0.2) is 18.4 Å². The molecule has 2 rings (SSSR count). The van der Waals surface area contributed by atoms with E-state index in [0.717, 1.165) is 18.6 Å². The van der Waals surface area contributed by atoms with Crippen LogP contribution in [0.25, 0.3) is 6.08 Å². The lowest BCUT2D eigenvalue weighted by atomic mass is 10.2. The average molecular weight is 356 g/mol. The Hall–Kier alpha value is -3.02. The van der Waals surface area contributed by atoms with Gasteiger partial charge in [-0.3, -0.25) is 20.4 Å². The topological polar surface area (TPSA) is 80.6 Å². The number of hydrazine groups is 1. The van der Waals surface area contributed by atoms with Gasteiger partial charge in [0.2, 0.25) is 0 Å². The van der Waals surface area contributed by atoms with Gasteiger partial charge >= 0.3 is 0 Å². The second kappa shape index (κ2) is 10.8. The van der Waals surface area contributed by atoms with Gasteiger partial charge in [-0.25, -0.2) is 0 Å². The van der Waals surface area contributed by atoms with E-state index < -0.39 is 11.8 Å². The smallest absolute Gasteiger partial charge is 0.269 e. The van der Waals surface area contributed by atoms with Gasteiger partial charge in [-0.05, 0) is 48.9 Å². The van der Waals surface area contributed by atoms with Crippen LogP contribution >= 0.6 is 0 Å². The normalized spacial score (nSPS) is 10.7. The maximum atomic E-state index is 12.0. The lowest BCUT2D eigenvalue weighted by Gasteiger charge is -2.08. The molecular formula is C20H24N2O4. The zero-order valence-corrected chi connectivity index (χ0v) is 14.9. The van der Waals surface area contributed by atoms with Crippen LogP contribution in [0, 0.1) is 0 Å². The highest BCUT2D eigenvalue weighted by Gasteiger charge is 2.06. The molecule has 2 N–H and O–H groups in total. The molecule has 0 fully saturated rings. The van der Waals surface area contributed by atoms with Gasteiger partial charge in [-0.2, -0.15) is 0 Å². The minimum Gasteiger partial charge on any atom is -0.494 e. The molecule has 0 bridgehead atoms. The molecule has 138 valence electrons. The molecule has 0 aliphatic heterocycles. The van der Waals surface area contributed by atoms with Crippen LogP contribution in [0.3, 0.4) is 0 Å². The van der Waals surface area contributed by atoms with E-state index in [4.69, 9.17) is 9.15 Å². The predicted molar refractivity (Wildman–Crippen MR) is 99.4 cm³/mol. The van der Waals surface area contributed by atoms with Crippen LogP contribution in [0.15, 0.2) is 53.2 Å². The number of ether oxygens (including phenoxy) is 1. The van der Waals surface area contributed by atoms with E-state index in [2.05, 4.69) is 17.8 Å². The molecular weight excluding hydrogens is 332 g/mol. The third-order valence-electron chi connectivity index (χ3n) is 3.62. The first kappa shape index (κ1) is 19.3. The molecule has 1 aromatic carbocycles. The van der Waals surface area contributed by atoms with E-state index in [1.54, 1.807) is 36.4 Å². The number of hydrogen-bond donors (Lipinski definition) is 2. The molecule has 0 radical (unpaired) electrons. The molecule has 26 heavy (non-hydrogen) atoms. The molecule has 2 aromatic rings. The molecule has 1 heterocycles. The number of benzene rings is 1. The van der Waals surface area contributed by atoms with Crippen molar-refractivity contribution < 1.29 is 18.7 Å². The Morgan fingerprint density at radius 3 is 2.58 bits per heavy atom. The highest BCUT2D eigenvalue weighted by Crippen LogP contribution is 2.13. The van der Waals surface area contributed by atoms with Gasteiger partial charge in [0.15, 0.2) is 0 Å². The summed E-state index contributed by atoms with van der Waals surface area (Å²) in [5.74, 6) is 0.418. The highest BCUT2D eigenvalue weighted by molar-refractivity contribution is 5.97. The van der Waals surface area contributed by atoms with Gasteiger partial charge in [0, 0.05) is 11.6 Å². The maximum absolute atomic E-state index is 12.0. The largest absolute Gasteiger partial charge is 0.494 e. The van der Waals surface area contributed by atoms with Crippen molar-refractivity contribution in [3.8, 4) is 5.75 Å². The van der Waals surface area contributed by atoms with Crippen molar-refractivity contribution >= 4 is 17.9 Å². The quantitative estimate of drug-likeness (QED) is 0.408. The Bertz CT molecular complexity index is 706. The number of hydrogen-bond acceptors (Lipinski definition) is 4. The lowest BCUT2D eigenvalue weighted by molar-refractivity contribution is -0.117. The fourth-order valence-corrected chi connectivity index (χ4v) is 2.20. The van der Waals surface area contributed by atoms with Crippen molar-refractivity contribution in [2.45, 2.75) is 32.6 Å². The summed E-state index contributed by atoms with van der Waals surface area (Å²) in [4.78, 5) is 23.7. The van der Waals surface area contributed by atoms with E-state index in [1.165, 1.54) is 31.3 Å². The van der Waals surface area contributed by atoms with E-state index in [0.29, 0.717) is 17.9 Å². The molecule has 0 saturated carbocycles. The number of amides is 2. The third kappa shape index (κ3) is 6.84. The first-order valence-electron chi connectivity index (χ1n) is 8.74. The summed E-state index contributed by atoms with van der Waals surface area (Å²) in [6.07, 6.45) is 8.88. The highest BCUT2D eigenvalue weighted by atomic mass is 16.5. The zero-order valence-electron chi connectivity index (χ0n) is 14.9. The van der Waals surface area contributed by atoms with E-state index in [9.17, 15) is 9.59 Å². The summed E-state index contributed by atoms with van der Waals surface area (Å²) >= 11 is 0. The molecule has 0 atom stereocenters. The van der Waals surface area contributed by atoms with Gasteiger partial charge in [0.25, 0.3) is 11.8 Å². The SMILES string of the molecule is CCCCCCOc1ccc(C(=O)NNC(=O)C=Cc2ccco2)cc1. The summed E-state index contributed by atoms with van der Waals surface area (Å²) in [5.41, 5.74) is 5.10. The van der Waals surface area contributed by atoms with Crippen LogP contribution in [0.1, 0.15) is 48.7 Å². The molecule has 2 amide bonds. The first-order valence-corrected chi connectivity index (χ1v) is 8.74. The van der Waals surface area contributed by atoms with Gasteiger partial charge in [-0.15, -0.1) is 0 Å². The molecule has 6 heteroatoms. The molecule has 6 nitrogen and oxygen atoms in total. The van der Waals surface area contributed by atoms with E-state index >= 15 is 0 Å². The standard InChI is InChI=1S/C20H24N2O4/c1-2-3-4-5-14-25-18-10-8-16(9-11-18)20(24)22-21-19(23)13-12-17-7-6-15-26-17/h6-13,15H,2-5,14H2,1H3,(H,21,23)(H,22,24). The lowest BCUT2D eigenvalue weighted by Crippen LogP contribution is -2.40. The fraction of sp³-hybridized carbons (Fsp3) is 0.300. The third-order valence-corrected chi connectivity index (χ3v) is 3.62. The monoisotopic (exact) mass is 356 g/mol. The van der Waals surface area contributed by atoms with Crippen LogP contribution in [0.5, 0.6) is 5.75 Å². The Morgan fingerprint density at radius 2 is 1.88 bits per heavy atom. The summed E-state index contributed by atoms with van der Waals surface area (Å²) in [6, 6.07) is 10.2. The molecule has 0 unspecified atom stereocenters. The van der Waals surface area contributed by atoms with Gasteiger partial charge in [0.05, 0.1) is 12.9 Å². The number of nitrogens with one attached hydrogen (secondary N) is 2. The van der Waals surface area contributed by atoms with Gasteiger partial charge in [0.1, 0.15) is 11.5 Å². The number of carbonyl (C=O) groups is 2. The maximum Gasteiger partial charge on any atom is 0.269 e. The molecule has 1 aromatic heterocycles. The van der Waals surface area contributed by atoms with Gasteiger partial charge < -0.3 is 9.15 Å². The molecule has 0 saturated heterocycles. The second-order valence-corrected chi connectivity index (χ2v) is 5.73. The van der Waals surface area contributed by atoms with Crippen LogP contribution in [0.2, 0.25) is 0 Å². The summed E-state index contributed by atoms with van der Waals surface area (Å²) in [7, 11) is 0. The minimum atomic E-state index is -0.457. The van der Waals surface area contributed by atoms with Crippen molar-refractivity contribution in [3.63, 3.8) is 0 Å². The number of rotatable bonds is 9. The minimum absolute atomic E-state index is 0.403. The average Bonchev–Trinajstić information content (AvgIpc) is 3.18. The number of unbranched alkanes of at least 4 members (excludes halogenated alkanes) is 3. The second-order valence-electron chi connectivity index (χ2n) is 5.73. The molecule has 0 spiro atoms. The van der Waals surface area contributed by atoms with Crippen molar-refractivity contribution in [3.05, 3.63) is 60.1 Å². The Labute approximate surface area is 153 Å². The van der Waals surface area contributed by atoms with Crippen LogP contribution in [0.4, 0.5) is 0 Å². The fourth-order valence-electron chi connectivity index (χ4n) is 2.20. The van der Waals surface area contributed by atoms with Crippen molar-refractivity contribution in [1.82, 2.24) is 10.9 Å². The Morgan fingerprint density at radius 1 is 1.08 bits per heavy atom. The first-order chi connectivity index (χ1) is 12.7. The van der Waals surface area contributed by atoms with E-state index in [1.807, 2.05) is 0 Å². The Balaban J connectivity index is 1.72. The zero-order chi connectivity index (χ0) is 18.6. The van der Waals surface area contributed by atoms with Gasteiger partial charge in [-0.1, -0.05) is 26.2 Å². The Kier molecular flexibility index (Phi) is 7.99. The van der Waals surface area contributed by atoms with Crippen molar-refractivity contribution in [1.29, 1.82) is 0 Å². The molecule has 0 aliphatic rings. The summed E-state index contributed by atoms with van der Waals surface area (Å²) < 4.78 is 10.7. The predicted octanol–water partition coefficient (Wildman–Crippen LogP) is 3.71.